The molecule has 126 valence electrons. The fourth-order valence-corrected chi connectivity index (χ4v) is 2.97. The van der Waals surface area contributed by atoms with Gasteiger partial charge in [-0.25, -0.2) is 0 Å². The first-order valence-corrected chi connectivity index (χ1v) is 8.41. The van der Waals surface area contributed by atoms with Crippen molar-refractivity contribution in [2.45, 2.75) is 45.1 Å². The van der Waals surface area contributed by atoms with Crippen molar-refractivity contribution in [2.75, 3.05) is 18.9 Å². The van der Waals surface area contributed by atoms with Crippen molar-refractivity contribution in [1.82, 2.24) is 4.90 Å². The number of carbonyl (C=O) groups is 2. The van der Waals surface area contributed by atoms with Gasteiger partial charge >= 0.3 is 0 Å². The van der Waals surface area contributed by atoms with Gasteiger partial charge in [0.25, 0.3) is 5.91 Å². The molecule has 0 radical (unpaired) electrons. The monoisotopic (exact) mass is 317 g/mol. The van der Waals surface area contributed by atoms with Gasteiger partial charge in [-0.2, -0.15) is 0 Å². The molecule has 23 heavy (non-hydrogen) atoms. The Labute approximate surface area is 138 Å². The van der Waals surface area contributed by atoms with Crippen LogP contribution >= 0.6 is 0 Å². The molecule has 2 rings (SSSR count). The molecule has 1 saturated carbocycles. The van der Waals surface area contributed by atoms with Crippen LogP contribution in [0.25, 0.3) is 0 Å². The van der Waals surface area contributed by atoms with Crippen molar-refractivity contribution in [2.24, 2.45) is 11.7 Å². The highest BCUT2D eigenvalue weighted by Gasteiger charge is 2.25. The molecule has 5 nitrogen and oxygen atoms in total. The summed E-state index contributed by atoms with van der Waals surface area (Å²) in [6, 6.07) is 7.47. The third-order valence-corrected chi connectivity index (χ3v) is 4.66. The molecular weight excluding hydrogens is 290 g/mol. The van der Waals surface area contributed by atoms with Gasteiger partial charge in [-0.3, -0.25) is 9.59 Å². The van der Waals surface area contributed by atoms with Crippen molar-refractivity contribution in [3.05, 3.63) is 29.8 Å². The summed E-state index contributed by atoms with van der Waals surface area (Å²) in [6.45, 7) is 2.05. The van der Waals surface area contributed by atoms with E-state index in [1.54, 1.807) is 19.1 Å². The molecule has 5 heteroatoms. The summed E-state index contributed by atoms with van der Waals surface area (Å²) in [5, 5.41) is 2.83. The molecule has 0 bridgehead atoms. The van der Waals surface area contributed by atoms with E-state index in [9.17, 15) is 9.59 Å². The number of anilines is 1. The van der Waals surface area contributed by atoms with Crippen LogP contribution in [-0.4, -0.2) is 36.3 Å². The van der Waals surface area contributed by atoms with Crippen molar-refractivity contribution < 1.29 is 9.59 Å². The van der Waals surface area contributed by atoms with Crippen molar-refractivity contribution in [3.8, 4) is 0 Å². The van der Waals surface area contributed by atoms with Gasteiger partial charge in [-0.05, 0) is 25.0 Å². The van der Waals surface area contributed by atoms with E-state index in [-0.39, 0.29) is 24.3 Å². The summed E-state index contributed by atoms with van der Waals surface area (Å²) >= 11 is 0. The van der Waals surface area contributed by atoms with Crippen molar-refractivity contribution in [1.29, 1.82) is 0 Å². The minimum atomic E-state index is -0.283. The minimum absolute atomic E-state index is 0.0341. The number of para-hydroxylation sites is 1. The highest BCUT2D eigenvalue weighted by molar-refractivity contribution is 6.04. The third-order valence-electron chi connectivity index (χ3n) is 4.66. The summed E-state index contributed by atoms with van der Waals surface area (Å²) < 4.78 is 0. The molecule has 0 spiro atoms. The van der Waals surface area contributed by atoms with E-state index >= 15 is 0 Å². The number of amides is 2. The van der Waals surface area contributed by atoms with E-state index in [4.69, 9.17) is 5.73 Å². The number of nitrogens with zero attached hydrogens (tertiary/aromatic N) is 1. The predicted molar refractivity (Wildman–Crippen MR) is 92.3 cm³/mol. The van der Waals surface area contributed by atoms with Crippen LogP contribution < -0.4 is 11.1 Å². The smallest absolute Gasteiger partial charge is 0.255 e. The van der Waals surface area contributed by atoms with Gasteiger partial charge in [-0.1, -0.05) is 38.3 Å². The van der Waals surface area contributed by atoms with Crippen LogP contribution in [0.15, 0.2) is 24.3 Å². The second kappa shape index (κ2) is 8.11. The summed E-state index contributed by atoms with van der Waals surface area (Å²) in [5.74, 6) is -0.476. The van der Waals surface area contributed by atoms with Crippen LogP contribution in [0.2, 0.25) is 0 Å². The molecule has 1 unspecified atom stereocenters. The average Bonchev–Trinajstić information content (AvgIpc) is 2.60. The largest absolute Gasteiger partial charge is 0.339 e. The standard InChI is InChI=1S/C18H27N3O2/c1-13(12-19)17(22)20-16-11-7-6-10-15(16)18(23)21(2)14-8-4-3-5-9-14/h6-7,10-11,13-14H,3-5,8-9,12,19H2,1-2H3,(H,20,22). The van der Waals surface area contributed by atoms with E-state index in [0.29, 0.717) is 17.3 Å². The maximum Gasteiger partial charge on any atom is 0.255 e. The number of nitrogens with one attached hydrogen (secondary N) is 1. The Morgan fingerprint density at radius 1 is 1.26 bits per heavy atom. The van der Waals surface area contributed by atoms with Crippen LogP contribution in [-0.2, 0) is 4.79 Å². The van der Waals surface area contributed by atoms with Crippen LogP contribution in [0.1, 0.15) is 49.4 Å². The van der Waals surface area contributed by atoms with E-state index < -0.39 is 0 Å². The number of carbonyl (C=O) groups excluding carboxylic acids is 2. The quantitative estimate of drug-likeness (QED) is 0.876. The first kappa shape index (κ1) is 17.5. The van der Waals surface area contributed by atoms with Gasteiger partial charge in [0.2, 0.25) is 5.91 Å². The van der Waals surface area contributed by atoms with E-state index in [1.165, 1.54) is 19.3 Å². The molecule has 0 saturated heterocycles. The summed E-state index contributed by atoms with van der Waals surface area (Å²) in [7, 11) is 1.86. The fourth-order valence-electron chi connectivity index (χ4n) is 2.97. The molecule has 0 aliphatic heterocycles. The molecule has 1 aromatic carbocycles. The van der Waals surface area contributed by atoms with E-state index in [1.807, 2.05) is 24.1 Å². The van der Waals surface area contributed by atoms with Crippen LogP contribution in [0.5, 0.6) is 0 Å². The second-order valence-corrected chi connectivity index (χ2v) is 6.38. The van der Waals surface area contributed by atoms with Gasteiger partial charge in [0, 0.05) is 25.6 Å². The number of nitrogens with two attached hydrogens (primary N) is 1. The Morgan fingerprint density at radius 2 is 1.91 bits per heavy atom. The zero-order valence-corrected chi connectivity index (χ0v) is 14.0. The lowest BCUT2D eigenvalue weighted by Crippen LogP contribution is -2.38. The van der Waals surface area contributed by atoms with Gasteiger partial charge < -0.3 is 16.0 Å². The number of rotatable bonds is 5. The van der Waals surface area contributed by atoms with Gasteiger partial charge in [0.15, 0.2) is 0 Å². The Hall–Kier alpha value is -1.88. The Bertz CT molecular complexity index is 553. The number of benzene rings is 1. The molecule has 3 N–H and O–H groups in total. The zero-order valence-electron chi connectivity index (χ0n) is 14.0. The number of hydrogen-bond donors (Lipinski definition) is 2. The molecular formula is C18H27N3O2. The van der Waals surface area contributed by atoms with Crippen molar-refractivity contribution in [3.63, 3.8) is 0 Å². The first-order valence-electron chi connectivity index (χ1n) is 8.41. The SMILES string of the molecule is CC(CN)C(=O)Nc1ccccc1C(=O)N(C)C1CCCCC1. The third kappa shape index (κ3) is 4.32. The predicted octanol–water partition coefficient (Wildman–Crippen LogP) is 2.62. The van der Waals surface area contributed by atoms with Gasteiger partial charge in [0.05, 0.1) is 11.3 Å². The molecule has 2 amide bonds. The molecule has 1 fully saturated rings. The van der Waals surface area contributed by atoms with Crippen LogP contribution in [0, 0.1) is 5.92 Å². The molecule has 0 aromatic heterocycles. The molecule has 0 heterocycles. The van der Waals surface area contributed by atoms with Crippen LogP contribution in [0.4, 0.5) is 5.69 Å². The maximum absolute atomic E-state index is 12.8. The maximum atomic E-state index is 12.8. The first-order chi connectivity index (χ1) is 11.0. The summed E-state index contributed by atoms with van der Waals surface area (Å²) in [6.07, 6.45) is 5.72. The summed E-state index contributed by atoms with van der Waals surface area (Å²) in [4.78, 5) is 26.7. The lowest BCUT2D eigenvalue weighted by molar-refractivity contribution is -0.119. The highest BCUT2D eigenvalue weighted by Crippen LogP contribution is 2.25. The average molecular weight is 317 g/mol. The Morgan fingerprint density at radius 3 is 2.57 bits per heavy atom. The Kier molecular flexibility index (Phi) is 6.16. The van der Waals surface area contributed by atoms with Crippen LogP contribution in [0.3, 0.4) is 0 Å². The minimum Gasteiger partial charge on any atom is -0.339 e. The normalized spacial score (nSPS) is 16.7. The van der Waals surface area contributed by atoms with Crippen molar-refractivity contribution >= 4 is 17.5 Å². The number of hydrogen-bond acceptors (Lipinski definition) is 3. The van der Waals surface area contributed by atoms with Gasteiger partial charge in [-0.15, -0.1) is 0 Å². The van der Waals surface area contributed by atoms with Gasteiger partial charge in [0.1, 0.15) is 0 Å². The lowest BCUT2D eigenvalue weighted by atomic mass is 9.94. The summed E-state index contributed by atoms with van der Waals surface area (Å²) in [5.41, 5.74) is 6.63. The lowest BCUT2D eigenvalue weighted by Gasteiger charge is -2.31. The molecule has 1 aliphatic rings. The van der Waals surface area contributed by atoms with E-state index in [2.05, 4.69) is 5.32 Å². The molecule has 1 aliphatic carbocycles. The second-order valence-electron chi connectivity index (χ2n) is 6.38. The highest BCUT2D eigenvalue weighted by atomic mass is 16.2. The van der Waals surface area contributed by atoms with E-state index in [0.717, 1.165) is 12.8 Å². The topological polar surface area (TPSA) is 75.4 Å². The Balaban J connectivity index is 2.15. The fraction of sp³-hybridized carbons (Fsp3) is 0.556. The zero-order chi connectivity index (χ0) is 16.8. The molecule has 1 aromatic rings. The molecule has 1 atom stereocenters.